The number of fused-ring (bicyclic) bond motifs is 1. The number of aromatic amines is 1. The molecule has 5 aromatic rings. The lowest BCUT2D eigenvalue weighted by atomic mass is 10.1. The first-order valence-corrected chi connectivity index (χ1v) is 9.94. The van der Waals surface area contributed by atoms with Crippen LogP contribution < -0.4 is 10.6 Å². The molecule has 3 N–H and O–H groups in total. The number of rotatable bonds is 5. The fraction of sp³-hybridized carbons (Fsp3) is 0.0455. The molecule has 34 heavy (non-hydrogen) atoms. The Hall–Kier alpha value is -5.31. The Kier molecular flexibility index (Phi) is 5.04. The number of nitriles is 1. The molecule has 2 aromatic carbocycles. The number of benzene rings is 2. The van der Waals surface area contributed by atoms with E-state index in [2.05, 4.69) is 42.5 Å². The lowest BCUT2D eigenvalue weighted by Gasteiger charge is -2.10. The Morgan fingerprint density at radius 3 is 2.71 bits per heavy atom. The zero-order valence-corrected chi connectivity index (χ0v) is 17.6. The van der Waals surface area contributed by atoms with Crippen molar-refractivity contribution in [2.75, 3.05) is 10.6 Å². The minimum Gasteiger partial charge on any atom is -0.351 e. The summed E-state index contributed by atoms with van der Waals surface area (Å²) in [5.41, 5.74) is 2.93. The largest absolute Gasteiger partial charge is 0.351 e. The average molecular weight is 453 g/mol. The molecule has 166 valence electrons. The quantitative estimate of drug-likeness (QED) is 0.365. The molecule has 0 aliphatic rings. The predicted molar refractivity (Wildman–Crippen MR) is 120 cm³/mol. The van der Waals surface area contributed by atoms with Crippen LogP contribution in [0.3, 0.4) is 0 Å². The molecule has 3 aromatic heterocycles. The normalized spacial score (nSPS) is 10.7. The summed E-state index contributed by atoms with van der Waals surface area (Å²) in [4.78, 5) is 25.4. The molecule has 12 nitrogen and oxygen atoms in total. The first-order chi connectivity index (χ1) is 16.5. The number of nitrogens with zero attached hydrogens (tertiary/aromatic N) is 6. The van der Waals surface area contributed by atoms with Crippen molar-refractivity contribution in [2.24, 2.45) is 7.05 Å². The number of hydrogen-bond donors (Lipinski definition) is 3. The zero-order valence-electron chi connectivity index (χ0n) is 17.6. The fourth-order valence-corrected chi connectivity index (χ4v) is 3.52. The lowest BCUT2D eigenvalue weighted by Crippen LogP contribution is -2.16. The summed E-state index contributed by atoms with van der Waals surface area (Å²) in [6.45, 7) is 0. The van der Waals surface area contributed by atoms with Crippen LogP contribution in [0.5, 0.6) is 0 Å². The Morgan fingerprint density at radius 1 is 1.09 bits per heavy atom. The summed E-state index contributed by atoms with van der Waals surface area (Å²) in [5.74, 6) is -0.470. The Labute approximate surface area is 191 Å². The van der Waals surface area contributed by atoms with Gasteiger partial charge in [0.15, 0.2) is 0 Å². The van der Waals surface area contributed by atoms with Crippen molar-refractivity contribution < 1.29 is 14.1 Å². The number of H-pyrrole nitrogens is 1. The second kappa shape index (κ2) is 8.32. The van der Waals surface area contributed by atoms with E-state index < -0.39 is 5.91 Å². The van der Waals surface area contributed by atoms with E-state index in [0.29, 0.717) is 28.2 Å². The van der Waals surface area contributed by atoms with Gasteiger partial charge in [-0.3, -0.25) is 9.59 Å². The summed E-state index contributed by atoms with van der Waals surface area (Å²) >= 11 is 0. The highest BCUT2D eigenvalue weighted by Crippen LogP contribution is 2.28. The molecule has 0 radical (unpaired) electrons. The molecule has 2 amide bonds. The predicted octanol–water partition coefficient (Wildman–Crippen LogP) is 2.72. The molecule has 12 heteroatoms. The minimum atomic E-state index is -0.432. The smallest absolute Gasteiger partial charge is 0.294 e. The highest BCUT2D eigenvalue weighted by atomic mass is 16.5. The molecule has 0 spiro atoms. The van der Waals surface area contributed by atoms with Crippen LogP contribution in [0.15, 0.2) is 59.3 Å². The molecule has 0 fully saturated rings. The maximum absolute atomic E-state index is 13.1. The molecular formula is C22H15N9O3. The average Bonchev–Trinajstić information content (AvgIpc) is 3.62. The number of carbonyl (C=O) groups excluding carboxylic acids is 2. The van der Waals surface area contributed by atoms with Crippen LogP contribution in [0.1, 0.15) is 26.6 Å². The SMILES string of the molecule is Cn1c(C(=O)Nc2ccc(C#N)cc2-c2nn[nH]n2)cc2ccc(NC(=O)c3ccno3)cc21. The molecule has 0 saturated carbocycles. The van der Waals surface area contributed by atoms with E-state index in [1.165, 1.54) is 12.3 Å². The molecule has 5 rings (SSSR count). The van der Waals surface area contributed by atoms with E-state index in [9.17, 15) is 14.9 Å². The molecular weight excluding hydrogens is 438 g/mol. The first kappa shape index (κ1) is 20.6. The van der Waals surface area contributed by atoms with Gasteiger partial charge in [-0.25, -0.2) is 0 Å². The highest BCUT2D eigenvalue weighted by Gasteiger charge is 2.18. The summed E-state index contributed by atoms with van der Waals surface area (Å²) < 4.78 is 6.58. The molecule has 3 heterocycles. The second-order valence-electron chi connectivity index (χ2n) is 7.25. The van der Waals surface area contributed by atoms with Crippen molar-refractivity contribution in [3.63, 3.8) is 0 Å². The summed E-state index contributed by atoms with van der Waals surface area (Å²) in [7, 11) is 1.75. The summed E-state index contributed by atoms with van der Waals surface area (Å²) in [5, 5.41) is 33.0. The van der Waals surface area contributed by atoms with Crippen molar-refractivity contribution in [1.82, 2.24) is 30.3 Å². The summed E-state index contributed by atoms with van der Waals surface area (Å²) in [6, 6.07) is 15.3. The standard InChI is InChI=1S/C22H15N9O3/c1-31-17-10-14(25-22(33)19-6-7-24-34-19)4-3-13(17)9-18(31)21(32)26-16-5-2-12(11-23)8-15(16)20-27-29-30-28-20/h2-10H,1H3,(H,25,33)(H,26,32)(H,27,28,29,30). The maximum Gasteiger partial charge on any atom is 0.294 e. The lowest BCUT2D eigenvalue weighted by molar-refractivity contribution is 0.0986. The van der Waals surface area contributed by atoms with Crippen molar-refractivity contribution in [1.29, 1.82) is 5.26 Å². The Bertz CT molecular complexity index is 1560. The van der Waals surface area contributed by atoms with Crippen LogP contribution in [0.2, 0.25) is 0 Å². The van der Waals surface area contributed by atoms with Crippen LogP contribution in [-0.4, -0.2) is 42.2 Å². The highest BCUT2D eigenvalue weighted by molar-refractivity contribution is 6.08. The Morgan fingerprint density at radius 2 is 1.97 bits per heavy atom. The van der Waals surface area contributed by atoms with Gasteiger partial charge in [-0.1, -0.05) is 11.2 Å². The number of hydrogen-bond acceptors (Lipinski definition) is 8. The van der Waals surface area contributed by atoms with Crippen LogP contribution in [0, 0.1) is 11.3 Å². The third-order valence-electron chi connectivity index (χ3n) is 5.18. The van der Waals surface area contributed by atoms with Gasteiger partial charge in [0.05, 0.1) is 29.0 Å². The van der Waals surface area contributed by atoms with Crippen LogP contribution in [-0.2, 0) is 7.05 Å². The third-order valence-corrected chi connectivity index (χ3v) is 5.18. The molecule has 0 aliphatic heterocycles. The topological polar surface area (TPSA) is 167 Å². The van der Waals surface area contributed by atoms with E-state index in [1.54, 1.807) is 54.1 Å². The van der Waals surface area contributed by atoms with E-state index >= 15 is 0 Å². The number of aryl methyl sites for hydroxylation is 1. The zero-order chi connectivity index (χ0) is 23.7. The molecule has 0 unspecified atom stereocenters. The number of anilines is 2. The van der Waals surface area contributed by atoms with Gasteiger partial charge >= 0.3 is 0 Å². The maximum atomic E-state index is 13.1. The van der Waals surface area contributed by atoms with E-state index in [-0.39, 0.29) is 17.5 Å². The van der Waals surface area contributed by atoms with Gasteiger partial charge in [-0.05, 0) is 41.6 Å². The molecule has 0 saturated heterocycles. The van der Waals surface area contributed by atoms with Crippen molar-refractivity contribution in [3.8, 4) is 17.5 Å². The summed E-state index contributed by atoms with van der Waals surface area (Å²) in [6.07, 6.45) is 1.39. The number of tetrazole rings is 1. The van der Waals surface area contributed by atoms with Crippen LogP contribution >= 0.6 is 0 Å². The number of aromatic nitrogens is 6. The monoisotopic (exact) mass is 453 g/mol. The Balaban J connectivity index is 1.44. The number of nitrogens with one attached hydrogen (secondary N) is 3. The molecule has 0 atom stereocenters. The molecule has 0 bridgehead atoms. The fourth-order valence-electron chi connectivity index (χ4n) is 3.52. The van der Waals surface area contributed by atoms with Gasteiger partial charge in [0.1, 0.15) is 5.69 Å². The first-order valence-electron chi connectivity index (χ1n) is 9.94. The minimum absolute atomic E-state index is 0.0897. The second-order valence-corrected chi connectivity index (χ2v) is 7.25. The van der Waals surface area contributed by atoms with Crippen molar-refractivity contribution in [2.45, 2.75) is 0 Å². The number of amides is 2. The van der Waals surface area contributed by atoms with E-state index in [1.807, 2.05) is 0 Å². The van der Waals surface area contributed by atoms with Gasteiger partial charge in [0, 0.05) is 29.8 Å². The van der Waals surface area contributed by atoms with Gasteiger partial charge < -0.3 is 19.7 Å². The van der Waals surface area contributed by atoms with E-state index in [4.69, 9.17) is 4.52 Å². The van der Waals surface area contributed by atoms with Crippen LogP contribution in [0.4, 0.5) is 11.4 Å². The van der Waals surface area contributed by atoms with Gasteiger partial charge in [-0.15, -0.1) is 10.2 Å². The van der Waals surface area contributed by atoms with E-state index in [0.717, 1.165) is 10.9 Å². The van der Waals surface area contributed by atoms with Crippen molar-refractivity contribution in [3.05, 3.63) is 71.7 Å². The molecule has 0 aliphatic carbocycles. The van der Waals surface area contributed by atoms with Gasteiger partial charge in [0.2, 0.25) is 11.6 Å². The van der Waals surface area contributed by atoms with Gasteiger partial charge in [0.25, 0.3) is 11.8 Å². The number of carbonyl (C=O) groups is 2. The van der Waals surface area contributed by atoms with Crippen LogP contribution in [0.25, 0.3) is 22.3 Å². The third kappa shape index (κ3) is 3.73. The van der Waals surface area contributed by atoms with Crippen molar-refractivity contribution >= 4 is 34.1 Å². The van der Waals surface area contributed by atoms with Gasteiger partial charge in [-0.2, -0.15) is 10.5 Å².